The van der Waals surface area contributed by atoms with Crippen LogP contribution < -0.4 is 15.4 Å². The number of rotatable bonds is 10. The lowest BCUT2D eigenvalue weighted by Crippen LogP contribution is -2.52. The Kier molecular flexibility index (Phi) is 7.73. The third-order valence-electron chi connectivity index (χ3n) is 7.31. The molecule has 2 aromatic rings. The van der Waals surface area contributed by atoms with Gasteiger partial charge in [0.2, 0.25) is 11.8 Å². The predicted octanol–water partition coefficient (Wildman–Crippen LogP) is 2.41. The summed E-state index contributed by atoms with van der Waals surface area (Å²) < 4.78 is 5.42. The fraction of sp³-hybridized carbons (Fsp3) is 0.538. The molecule has 2 heterocycles. The molecule has 35 heavy (non-hydrogen) atoms. The number of nitrogens with one attached hydrogen (secondary N) is 3. The van der Waals surface area contributed by atoms with Crippen LogP contribution in [0, 0.1) is 11.8 Å². The van der Waals surface area contributed by atoms with Crippen LogP contribution in [-0.4, -0.2) is 66.2 Å². The van der Waals surface area contributed by atoms with Crippen molar-refractivity contribution in [3.8, 4) is 5.75 Å². The van der Waals surface area contributed by atoms with E-state index in [9.17, 15) is 19.2 Å². The first-order chi connectivity index (χ1) is 16.9. The number of benzene rings is 1. The molecule has 9 nitrogen and oxygen atoms in total. The molecule has 1 saturated carbocycles. The fourth-order valence-corrected chi connectivity index (χ4v) is 5.23. The van der Waals surface area contributed by atoms with Crippen LogP contribution in [0.25, 0.3) is 10.9 Å². The first-order valence-electron chi connectivity index (χ1n) is 12.4. The highest BCUT2D eigenvalue weighted by atomic mass is 16.5. The van der Waals surface area contributed by atoms with Crippen molar-refractivity contribution in [2.75, 3.05) is 20.2 Å². The SMILES string of the molecule is COc1cccc2[nH]c(C(=O)N(CC3CCCC3)C(C)C(=O)N[C@H](C=O)C[C@@H]3CCNC3=O)cc12. The van der Waals surface area contributed by atoms with E-state index in [1.807, 2.05) is 18.2 Å². The summed E-state index contributed by atoms with van der Waals surface area (Å²) in [4.78, 5) is 55.2. The van der Waals surface area contributed by atoms with Crippen LogP contribution >= 0.6 is 0 Å². The number of ether oxygens (including phenoxy) is 1. The minimum Gasteiger partial charge on any atom is -0.496 e. The summed E-state index contributed by atoms with van der Waals surface area (Å²) in [5, 5.41) is 6.31. The van der Waals surface area contributed by atoms with Gasteiger partial charge in [0.25, 0.3) is 5.91 Å². The number of fused-ring (bicyclic) bond motifs is 1. The Morgan fingerprint density at radius 3 is 2.69 bits per heavy atom. The lowest BCUT2D eigenvalue weighted by molar-refractivity contribution is -0.129. The molecule has 1 aliphatic heterocycles. The largest absolute Gasteiger partial charge is 0.496 e. The van der Waals surface area contributed by atoms with Gasteiger partial charge in [-0.1, -0.05) is 18.9 Å². The number of aromatic amines is 1. The van der Waals surface area contributed by atoms with Crippen LogP contribution in [0.1, 0.15) is 55.9 Å². The molecule has 1 aromatic heterocycles. The van der Waals surface area contributed by atoms with Gasteiger partial charge in [-0.05, 0) is 56.7 Å². The van der Waals surface area contributed by atoms with Crippen LogP contribution in [-0.2, 0) is 14.4 Å². The zero-order chi connectivity index (χ0) is 24.9. The van der Waals surface area contributed by atoms with Crippen molar-refractivity contribution in [3.05, 3.63) is 30.0 Å². The fourth-order valence-electron chi connectivity index (χ4n) is 5.23. The molecular weight excluding hydrogens is 448 g/mol. The Labute approximate surface area is 204 Å². The minimum atomic E-state index is -0.781. The standard InChI is InChI=1S/C26H34N4O5/c1-16(24(32)28-19(15-31)12-18-10-11-27-25(18)33)30(14-17-6-3-4-7-17)26(34)22-13-20-21(29-22)8-5-9-23(20)35-2/h5,8-9,13,15-19,29H,3-4,6-7,10-12,14H2,1-2H3,(H,27,33)(H,28,32)/t16?,18-,19-/m0/s1. The number of aromatic nitrogens is 1. The van der Waals surface area contributed by atoms with E-state index < -0.39 is 18.0 Å². The quantitative estimate of drug-likeness (QED) is 0.449. The molecule has 1 aromatic carbocycles. The van der Waals surface area contributed by atoms with Gasteiger partial charge in [0.1, 0.15) is 23.8 Å². The molecule has 1 saturated heterocycles. The normalized spacial score (nSPS) is 19.8. The predicted molar refractivity (Wildman–Crippen MR) is 131 cm³/mol. The van der Waals surface area contributed by atoms with Gasteiger partial charge >= 0.3 is 0 Å². The van der Waals surface area contributed by atoms with Gasteiger partial charge < -0.3 is 30.0 Å². The number of hydrogen-bond acceptors (Lipinski definition) is 5. The number of carbonyl (C=O) groups is 4. The molecule has 3 atom stereocenters. The maximum Gasteiger partial charge on any atom is 0.270 e. The van der Waals surface area contributed by atoms with E-state index in [0.29, 0.717) is 43.2 Å². The summed E-state index contributed by atoms with van der Waals surface area (Å²) in [5.41, 5.74) is 1.16. The highest BCUT2D eigenvalue weighted by Gasteiger charge is 2.33. The zero-order valence-electron chi connectivity index (χ0n) is 20.3. The van der Waals surface area contributed by atoms with Crippen molar-refractivity contribution in [2.45, 2.75) is 57.5 Å². The van der Waals surface area contributed by atoms with Gasteiger partial charge in [-0.3, -0.25) is 14.4 Å². The number of hydrogen-bond donors (Lipinski definition) is 3. The molecule has 0 bridgehead atoms. The molecule has 9 heteroatoms. The smallest absolute Gasteiger partial charge is 0.270 e. The number of nitrogens with zero attached hydrogens (tertiary/aromatic N) is 1. The van der Waals surface area contributed by atoms with Crippen molar-refractivity contribution in [2.24, 2.45) is 11.8 Å². The number of aldehydes is 1. The second kappa shape index (κ2) is 10.9. The van der Waals surface area contributed by atoms with Gasteiger partial charge in [0, 0.05) is 29.9 Å². The van der Waals surface area contributed by atoms with Gasteiger partial charge in [0.15, 0.2) is 0 Å². The Morgan fingerprint density at radius 2 is 2.03 bits per heavy atom. The molecule has 3 amide bonds. The van der Waals surface area contributed by atoms with Crippen LogP contribution in [0.15, 0.2) is 24.3 Å². The monoisotopic (exact) mass is 482 g/mol. The van der Waals surface area contributed by atoms with Crippen LogP contribution in [0.5, 0.6) is 5.75 Å². The molecule has 2 aliphatic rings. The van der Waals surface area contributed by atoms with Crippen molar-refractivity contribution in [1.29, 1.82) is 0 Å². The molecule has 3 N–H and O–H groups in total. The van der Waals surface area contributed by atoms with E-state index in [1.165, 1.54) is 0 Å². The summed E-state index contributed by atoms with van der Waals surface area (Å²) >= 11 is 0. The number of amides is 3. The van der Waals surface area contributed by atoms with Crippen molar-refractivity contribution < 1.29 is 23.9 Å². The van der Waals surface area contributed by atoms with Gasteiger partial charge in [-0.15, -0.1) is 0 Å². The molecule has 2 fully saturated rings. The highest BCUT2D eigenvalue weighted by molar-refractivity contribution is 6.01. The second-order valence-corrected chi connectivity index (χ2v) is 9.65. The molecule has 1 unspecified atom stereocenters. The summed E-state index contributed by atoms with van der Waals surface area (Å²) in [5.74, 6) is -0.0613. The van der Waals surface area contributed by atoms with E-state index in [2.05, 4.69) is 15.6 Å². The van der Waals surface area contributed by atoms with Gasteiger partial charge in [0.05, 0.1) is 13.2 Å². The Bertz CT molecular complexity index is 1090. The second-order valence-electron chi connectivity index (χ2n) is 9.65. The summed E-state index contributed by atoms with van der Waals surface area (Å²) in [6.07, 6.45) is 5.85. The number of carbonyl (C=O) groups excluding carboxylic acids is 4. The first-order valence-corrected chi connectivity index (χ1v) is 12.4. The van der Waals surface area contributed by atoms with E-state index in [4.69, 9.17) is 4.74 Å². The average molecular weight is 483 g/mol. The topological polar surface area (TPSA) is 121 Å². The Balaban J connectivity index is 1.53. The summed E-state index contributed by atoms with van der Waals surface area (Å²) in [6.45, 7) is 2.74. The first kappa shape index (κ1) is 24.8. The van der Waals surface area contributed by atoms with Crippen molar-refractivity contribution >= 4 is 34.9 Å². The van der Waals surface area contributed by atoms with E-state index in [1.54, 1.807) is 25.0 Å². The molecule has 0 spiro atoms. The maximum absolute atomic E-state index is 13.7. The molecule has 1 aliphatic carbocycles. The van der Waals surface area contributed by atoms with E-state index >= 15 is 0 Å². The molecule has 4 rings (SSSR count). The van der Waals surface area contributed by atoms with Gasteiger partial charge in [-0.2, -0.15) is 0 Å². The average Bonchev–Trinajstić information content (AvgIpc) is 3.62. The van der Waals surface area contributed by atoms with Crippen LogP contribution in [0.4, 0.5) is 0 Å². The highest BCUT2D eigenvalue weighted by Crippen LogP contribution is 2.29. The Hall–Kier alpha value is -3.36. The van der Waals surface area contributed by atoms with Crippen LogP contribution in [0.2, 0.25) is 0 Å². The third kappa shape index (κ3) is 5.49. The lowest BCUT2D eigenvalue weighted by Gasteiger charge is -2.31. The third-order valence-corrected chi connectivity index (χ3v) is 7.31. The molecule has 188 valence electrons. The van der Waals surface area contributed by atoms with Crippen molar-refractivity contribution in [1.82, 2.24) is 20.5 Å². The van der Waals surface area contributed by atoms with Crippen LogP contribution in [0.3, 0.4) is 0 Å². The number of methoxy groups -OCH3 is 1. The van der Waals surface area contributed by atoms with Crippen molar-refractivity contribution in [3.63, 3.8) is 0 Å². The Morgan fingerprint density at radius 1 is 1.26 bits per heavy atom. The lowest BCUT2D eigenvalue weighted by atomic mass is 9.99. The van der Waals surface area contributed by atoms with E-state index in [-0.39, 0.29) is 24.2 Å². The maximum atomic E-state index is 13.7. The zero-order valence-corrected chi connectivity index (χ0v) is 20.3. The van der Waals surface area contributed by atoms with E-state index in [0.717, 1.165) is 36.6 Å². The molecular formula is C26H34N4O5. The minimum absolute atomic E-state index is 0.0913. The summed E-state index contributed by atoms with van der Waals surface area (Å²) in [7, 11) is 1.58. The number of H-pyrrole nitrogens is 1. The van der Waals surface area contributed by atoms with Gasteiger partial charge in [-0.25, -0.2) is 0 Å². The summed E-state index contributed by atoms with van der Waals surface area (Å²) in [6, 6.07) is 5.76. The molecule has 0 radical (unpaired) electrons.